The van der Waals surface area contributed by atoms with Crippen molar-refractivity contribution in [3.05, 3.63) is 12.7 Å². The van der Waals surface area contributed by atoms with Gasteiger partial charge in [0.2, 0.25) is 5.91 Å². The second-order valence-corrected chi connectivity index (χ2v) is 3.94. The standard InChI is InChI=1S/C10H17NO/c1-3-9(12)11-8-10(2)6-4-5-7-10/h3H,1,4-8H2,2H3,(H,11,12). The number of hydrogen-bond acceptors (Lipinski definition) is 1. The Morgan fingerprint density at radius 3 is 2.67 bits per heavy atom. The minimum Gasteiger partial charge on any atom is -0.352 e. The quantitative estimate of drug-likeness (QED) is 0.639. The van der Waals surface area contributed by atoms with Gasteiger partial charge in [-0.25, -0.2) is 0 Å². The predicted octanol–water partition coefficient (Wildman–Crippen LogP) is 1.87. The summed E-state index contributed by atoms with van der Waals surface area (Å²) in [6, 6.07) is 0. The maximum absolute atomic E-state index is 10.9. The van der Waals surface area contributed by atoms with Crippen molar-refractivity contribution in [1.82, 2.24) is 5.32 Å². The van der Waals surface area contributed by atoms with E-state index in [1.807, 2.05) is 0 Å². The lowest BCUT2D eigenvalue weighted by atomic mass is 9.89. The molecule has 1 N–H and O–H groups in total. The van der Waals surface area contributed by atoms with E-state index in [0.29, 0.717) is 5.41 Å². The molecule has 1 amide bonds. The van der Waals surface area contributed by atoms with Crippen LogP contribution in [0, 0.1) is 5.41 Å². The minimum absolute atomic E-state index is 0.0527. The zero-order chi connectivity index (χ0) is 9.03. The first kappa shape index (κ1) is 9.30. The van der Waals surface area contributed by atoms with Crippen molar-refractivity contribution in [2.24, 2.45) is 5.41 Å². The summed E-state index contributed by atoms with van der Waals surface area (Å²) >= 11 is 0. The van der Waals surface area contributed by atoms with Crippen LogP contribution in [0.3, 0.4) is 0 Å². The lowest BCUT2D eigenvalue weighted by Gasteiger charge is -2.23. The van der Waals surface area contributed by atoms with Gasteiger partial charge < -0.3 is 5.32 Å². The number of rotatable bonds is 3. The number of carbonyl (C=O) groups is 1. The van der Waals surface area contributed by atoms with Crippen molar-refractivity contribution in [2.75, 3.05) is 6.54 Å². The summed E-state index contributed by atoms with van der Waals surface area (Å²) in [4.78, 5) is 10.9. The molecule has 0 heterocycles. The van der Waals surface area contributed by atoms with E-state index in [-0.39, 0.29) is 5.91 Å². The summed E-state index contributed by atoms with van der Waals surface area (Å²) in [7, 11) is 0. The molecule has 68 valence electrons. The zero-order valence-electron chi connectivity index (χ0n) is 7.73. The summed E-state index contributed by atoms with van der Waals surface area (Å²) in [5.41, 5.74) is 0.346. The summed E-state index contributed by atoms with van der Waals surface area (Å²) in [6.07, 6.45) is 6.42. The van der Waals surface area contributed by atoms with Gasteiger partial charge in [0, 0.05) is 6.54 Å². The van der Waals surface area contributed by atoms with Crippen LogP contribution in [0.25, 0.3) is 0 Å². The SMILES string of the molecule is C=CC(=O)NCC1(C)CCCC1. The Kier molecular flexibility index (Phi) is 2.90. The Balaban J connectivity index is 2.30. The molecule has 0 saturated heterocycles. The average Bonchev–Trinajstić information content (AvgIpc) is 2.49. The van der Waals surface area contributed by atoms with E-state index < -0.39 is 0 Å². The zero-order valence-corrected chi connectivity index (χ0v) is 7.73. The van der Waals surface area contributed by atoms with E-state index >= 15 is 0 Å². The fourth-order valence-electron chi connectivity index (χ4n) is 1.78. The smallest absolute Gasteiger partial charge is 0.243 e. The van der Waals surface area contributed by atoms with Gasteiger partial charge in [-0.05, 0) is 24.3 Å². The fourth-order valence-corrected chi connectivity index (χ4v) is 1.78. The molecule has 2 nitrogen and oxygen atoms in total. The Hall–Kier alpha value is -0.790. The molecule has 0 atom stereocenters. The van der Waals surface area contributed by atoms with Crippen LogP contribution in [0.2, 0.25) is 0 Å². The van der Waals surface area contributed by atoms with Crippen molar-refractivity contribution in [3.63, 3.8) is 0 Å². The molecule has 0 unspecified atom stereocenters. The largest absolute Gasteiger partial charge is 0.352 e. The van der Waals surface area contributed by atoms with Gasteiger partial charge >= 0.3 is 0 Å². The molecule has 1 rings (SSSR count). The summed E-state index contributed by atoms with van der Waals surface area (Å²) < 4.78 is 0. The van der Waals surface area contributed by atoms with Gasteiger partial charge in [0.1, 0.15) is 0 Å². The van der Waals surface area contributed by atoms with E-state index in [9.17, 15) is 4.79 Å². The van der Waals surface area contributed by atoms with Crippen LogP contribution in [0.5, 0.6) is 0 Å². The van der Waals surface area contributed by atoms with Gasteiger partial charge in [-0.15, -0.1) is 0 Å². The summed E-state index contributed by atoms with van der Waals surface area (Å²) in [5, 5.41) is 2.86. The molecule has 2 heteroatoms. The highest BCUT2D eigenvalue weighted by Gasteiger charge is 2.28. The van der Waals surface area contributed by atoms with E-state index in [0.717, 1.165) is 6.54 Å². The van der Waals surface area contributed by atoms with Gasteiger partial charge in [-0.2, -0.15) is 0 Å². The van der Waals surface area contributed by atoms with Gasteiger partial charge in [-0.3, -0.25) is 4.79 Å². The Bertz CT molecular complexity index is 180. The molecule has 0 bridgehead atoms. The third-order valence-corrected chi connectivity index (χ3v) is 2.69. The molecule has 1 aliphatic carbocycles. The maximum atomic E-state index is 10.9. The molecule has 0 spiro atoms. The average molecular weight is 167 g/mol. The highest BCUT2D eigenvalue weighted by molar-refractivity contribution is 5.86. The van der Waals surface area contributed by atoms with Crippen molar-refractivity contribution in [3.8, 4) is 0 Å². The summed E-state index contributed by atoms with van der Waals surface area (Å²) in [5.74, 6) is -0.0527. The van der Waals surface area contributed by atoms with E-state index in [1.54, 1.807) is 0 Å². The number of amides is 1. The highest BCUT2D eigenvalue weighted by Crippen LogP contribution is 2.36. The second kappa shape index (κ2) is 3.74. The Morgan fingerprint density at radius 2 is 2.17 bits per heavy atom. The van der Waals surface area contributed by atoms with Gasteiger partial charge in [0.15, 0.2) is 0 Å². The molecule has 0 aliphatic heterocycles. The molecule has 1 fully saturated rings. The fraction of sp³-hybridized carbons (Fsp3) is 0.700. The van der Waals surface area contributed by atoms with Gasteiger partial charge in [-0.1, -0.05) is 26.3 Å². The predicted molar refractivity (Wildman–Crippen MR) is 49.8 cm³/mol. The topological polar surface area (TPSA) is 29.1 Å². The first-order valence-corrected chi connectivity index (χ1v) is 4.57. The first-order chi connectivity index (χ1) is 5.66. The van der Waals surface area contributed by atoms with Crippen molar-refractivity contribution in [1.29, 1.82) is 0 Å². The van der Waals surface area contributed by atoms with Crippen LogP contribution in [-0.4, -0.2) is 12.5 Å². The van der Waals surface area contributed by atoms with Crippen LogP contribution >= 0.6 is 0 Å². The summed E-state index contributed by atoms with van der Waals surface area (Å²) in [6.45, 7) is 6.46. The second-order valence-electron chi connectivity index (χ2n) is 3.94. The molecule has 1 aliphatic rings. The van der Waals surface area contributed by atoms with E-state index in [4.69, 9.17) is 0 Å². The Morgan fingerprint density at radius 1 is 1.58 bits per heavy atom. The molecule has 0 radical (unpaired) electrons. The maximum Gasteiger partial charge on any atom is 0.243 e. The third-order valence-electron chi connectivity index (χ3n) is 2.69. The lowest BCUT2D eigenvalue weighted by Crippen LogP contribution is -2.32. The lowest BCUT2D eigenvalue weighted by molar-refractivity contribution is -0.116. The molecule has 0 aromatic carbocycles. The van der Waals surface area contributed by atoms with Crippen LogP contribution in [-0.2, 0) is 4.79 Å². The molecule has 0 aromatic rings. The van der Waals surface area contributed by atoms with Crippen molar-refractivity contribution in [2.45, 2.75) is 32.6 Å². The van der Waals surface area contributed by atoms with Gasteiger partial charge in [0.25, 0.3) is 0 Å². The number of nitrogens with one attached hydrogen (secondary N) is 1. The van der Waals surface area contributed by atoms with Crippen LogP contribution in [0.1, 0.15) is 32.6 Å². The first-order valence-electron chi connectivity index (χ1n) is 4.57. The van der Waals surface area contributed by atoms with Crippen LogP contribution < -0.4 is 5.32 Å². The van der Waals surface area contributed by atoms with Crippen molar-refractivity contribution < 1.29 is 4.79 Å². The van der Waals surface area contributed by atoms with E-state index in [2.05, 4.69) is 18.8 Å². The van der Waals surface area contributed by atoms with E-state index in [1.165, 1.54) is 31.8 Å². The normalized spacial score (nSPS) is 20.4. The molecular weight excluding hydrogens is 150 g/mol. The number of carbonyl (C=O) groups excluding carboxylic acids is 1. The van der Waals surface area contributed by atoms with Crippen LogP contribution in [0.15, 0.2) is 12.7 Å². The molecular formula is C10H17NO. The molecule has 1 saturated carbocycles. The minimum atomic E-state index is -0.0527. The third kappa shape index (κ3) is 2.36. The van der Waals surface area contributed by atoms with Gasteiger partial charge in [0.05, 0.1) is 0 Å². The molecule has 0 aromatic heterocycles. The Labute approximate surface area is 74.0 Å². The van der Waals surface area contributed by atoms with Crippen molar-refractivity contribution >= 4 is 5.91 Å². The monoisotopic (exact) mass is 167 g/mol. The van der Waals surface area contributed by atoms with Crippen LogP contribution in [0.4, 0.5) is 0 Å². The highest BCUT2D eigenvalue weighted by atomic mass is 16.1. The number of hydrogen-bond donors (Lipinski definition) is 1. The molecule has 12 heavy (non-hydrogen) atoms.